The van der Waals surface area contributed by atoms with Gasteiger partial charge in [0.1, 0.15) is 5.69 Å². The second kappa shape index (κ2) is 7.13. The number of hydrogen-bond donors (Lipinski definition) is 1. The van der Waals surface area contributed by atoms with Gasteiger partial charge in [0.15, 0.2) is 11.4 Å². The van der Waals surface area contributed by atoms with Crippen LogP contribution in [0.2, 0.25) is 0 Å². The third-order valence-electron chi connectivity index (χ3n) is 3.53. The summed E-state index contributed by atoms with van der Waals surface area (Å²) in [7, 11) is 1.59. The minimum Gasteiger partial charge on any atom is -0.490 e. The molecular weight excluding hydrogens is 298 g/mol. The number of rotatable bonds is 7. The quantitative estimate of drug-likeness (QED) is 0.842. The summed E-state index contributed by atoms with van der Waals surface area (Å²) in [5.41, 5.74) is 1.72. The molecule has 0 atom stereocenters. The number of carbonyl (C=O) groups is 2. The monoisotopic (exact) mass is 319 g/mol. The number of aliphatic carboxylic acids is 1. The van der Waals surface area contributed by atoms with Crippen molar-refractivity contribution < 1.29 is 19.4 Å². The number of carboxylic acids is 1. The standard InChI is InChI=1S/C16H21N3O4/c1-4-11-14(16(22)18(3)10-8-13(20)21)19-9-6-7-12(23-5-2)15(19)17-11/h6-7,9H,4-5,8,10H2,1-3H3,(H,20,21). The Labute approximate surface area is 134 Å². The van der Waals surface area contributed by atoms with E-state index in [1.54, 1.807) is 23.7 Å². The molecule has 0 fully saturated rings. The maximum absolute atomic E-state index is 12.7. The Balaban J connectivity index is 2.44. The highest BCUT2D eigenvalue weighted by molar-refractivity contribution is 5.95. The summed E-state index contributed by atoms with van der Waals surface area (Å²) in [5.74, 6) is -0.557. The van der Waals surface area contributed by atoms with Gasteiger partial charge in [-0.25, -0.2) is 4.98 Å². The van der Waals surface area contributed by atoms with Gasteiger partial charge in [-0.15, -0.1) is 0 Å². The minimum absolute atomic E-state index is 0.0926. The van der Waals surface area contributed by atoms with Crippen molar-refractivity contribution in [3.63, 3.8) is 0 Å². The van der Waals surface area contributed by atoms with E-state index in [-0.39, 0.29) is 18.9 Å². The van der Waals surface area contributed by atoms with Gasteiger partial charge in [-0.1, -0.05) is 6.92 Å². The molecule has 0 saturated carbocycles. The molecule has 0 bridgehead atoms. The highest BCUT2D eigenvalue weighted by atomic mass is 16.5. The smallest absolute Gasteiger partial charge is 0.305 e. The van der Waals surface area contributed by atoms with Crippen LogP contribution in [0.1, 0.15) is 36.5 Å². The molecule has 7 nitrogen and oxygen atoms in total. The van der Waals surface area contributed by atoms with E-state index in [9.17, 15) is 9.59 Å². The van der Waals surface area contributed by atoms with E-state index in [4.69, 9.17) is 9.84 Å². The van der Waals surface area contributed by atoms with Crippen molar-refractivity contribution in [3.05, 3.63) is 29.7 Å². The summed E-state index contributed by atoms with van der Waals surface area (Å²) in [6.45, 7) is 4.47. The van der Waals surface area contributed by atoms with Gasteiger partial charge in [0.2, 0.25) is 0 Å². The molecule has 0 unspecified atom stereocenters. The van der Waals surface area contributed by atoms with Gasteiger partial charge >= 0.3 is 5.97 Å². The Bertz CT molecular complexity index is 723. The summed E-state index contributed by atoms with van der Waals surface area (Å²) in [5, 5.41) is 8.77. The Kier molecular flexibility index (Phi) is 5.20. The maximum atomic E-state index is 12.7. The Hall–Kier alpha value is -2.57. The molecule has 2 aromatic heterocycles. The summed E-state index contributed by atoms with van der Waals surface area (Å²) in [6, 6.07) is 3.61. The average molecular weight is 319 g/mol. The number of hydrogen-bond acceptors (Lipinski definition) is 4. The van der Waals surface area contributed by atoms with E-state index in [0.717, 1.165) is 0 Å². The third kappa shape index (κ3) is 3.44. The van der Waals surface area contributed by atoms with Gasteiger partial charge in [0, 0.05) is 19.8 Å². The van der Waals surface area contributed by atoms with Crippen LogP contribution in [0.5, 0.6) is 5.75 Å². The SMILES string of the molecule is CCOc1cccn2c(C(=O)N(C)CCC(=O)O)c(CC)nc12. The number of ether oxygens (including phenoxy) is 1. The lowest BCUT2D eigenvalue weighted by Gasteiger charge is -2.16. The van der Waals surface area contributed by atoms with Gasteiger partial charge in [0.05, 0.1) is 18.7 Å². The molecule has 0 aliphatic carbocycles. The van der Waals surface area contributed by atoms with Gasteiger partial charge in [0.25, 0.3) is 5.91 Å². The first-order valence-corrected chi connectivity index (χ1v) is 7.59. The normalized spacial score (nSPS) is 10.7. The molecule has 124 valence electrons. The fourth-order valence-corrected chi connectivity index (χ4v) is 2.38. The van der Waals surface area contributed by atoms with Crippen molar-refractivity contribution in [1.29, 1.82) is 0 Å². The van der Waals surface area contributed by atoms with Gasteiger partial charge in [-0.3, -0.25) is 14.0 Å². The predicted molar refractivity (Wildman–Crippen MR) is 85.0 cm³/mol. The van der Waals surface area contributed by atoms with Crippen LogP contribution < -0.4 is 4.74 Å². The Morgan fingerprint density at radius 2 is 2.13 bits per heavy atom. The number of carboxylic acid groups (broad SMARTS) is 1. The third-order valence-corrected chi connectivity index (χ3v) is 3.53. The zero-order chi connectivity index (χ0) is 17.0. The van der Waals surface area contributed by atoms with Crippen LogP contribution in [-0.2, 0) is 11.2 Å². The maximum Gasteiger partial charge on any atom is 0.305 e. The van der Waals surface area contributed by atoms with Crippen LogP contribution in [0, 0.1) is 0 Å². The van der Waals surface area contributed by atoms with Crippen LogP contribution in [0.4, 0.5) is 0 Å². The van der Waals surface area contributed by atoms with Crippen molar-refractivity contribution in [2.75, 3.05) is 20.2 Å². The number of nitrogens with zero attached hydrogens (tertiary/aromatic N) is 3. The van der Waals surface area contributed by atoms with Crippen LogP contribution in [0.25, 0.3) is 5.65 Å². The fourth-order valence-electron chi connectivity index (χ4n) is 2.38. The van der Waals surface area contributed by atoms with Crippen molar-refractivity contribution in [2.24, 2.45) is 0 Å². The number of fused-ring (bicyclic) bond motifs is 1. The minimum atomic E-state index is -0.933. The molecule has 0 aliphatic heterocycles. The average Bonchev–Trinajstić information content (AvgIpc) is 2.91. The number of aromatic nitrogens is 2. The zero-order valence-electron chi connectivity index (χ0n) is 13.6. The summed E-state index contributed by atoms with van der Waals surface area (Å²) >= 11 is 0. The number of carbonyl (C=O) groups excluding carboxylic acids is 1. The largest absolute Gasteiger partial charge is 0.490 e. The second-order valence-corrected chi connectivity index (χ2v) is 5.13. The second-order valence-electron chi connectivity index (χ2n) is 5.13. The topological polar surface area (TPSA) is 84.1 Å². The summed E-state index contributed by atoms with van der Waals surface area (Å²) in [4.78, 5) is 29.3. The van der Waals surface area contributed by atoms with Crippen LogP contribution in [0.3, 0.4) is 0 Å². The number of pyridine rings is 1. The van der Waals surface area contributed by atoms with Crippen molar-refractivity contribution in [2.45, 2.75) is 26.7 Å². The van der Waals surface area contributed by atoms with E-state index < -0.39 is 5.97 Å². The molecule has 2 rings (SSSR count). The fraction of sp³-hybridized carbons (Fsp3) is 0.438. The van der Waals surface area contributed by atoms with Crippen molar-refractivity contribution in [3.8, 4) is 5.75 Å². The Morgan fingerprint density at radius 1 is 1.39 bits per heavy atom. The number of imidazole rings is 1. The number of amides is 1. The van der Waals surface area contributed by atoms with E-state index in [2.05, 4.69) is 4.98 Å². The van der Waals surface area contributed by atoms with E-state index in [1.165, 1.54) is 4.90 Å². The molecule has 0 aliphatic rings. The van der Waals surface area contributed by atoms with Crippen molar-refractivity contribution in [1.82, 2.24) is 14.3 Å². The number of aryl methyl sites for hydroxylation is 1. The van der Waals surface area contributed by atoms with Gasteiger partial charge in [-0.05, 0) is 25.5 Å². The lowest BCUT2D eigenvalue weighted by atomic mass is 10.2. The van der Waals surface area contributed by atoms with E-state index in [1.807, 2.05) is 19.9 Å². The molecule has 0 saturated heterocycles. The van der Waals surface area contributed by atoms with E-state index >= 15 is 0 Å². The van der Waals surface area contributed by atoms with Crippen LogP contribution >= 0.6 is 0 Å². The lowest BCUT2D eigenvalue weighted by molar-refractivity contribution is -0.137. The summed E-state index contributed by atoms with van der Waals surface area (Å²) in [6.07, 6.45) is 2.27. The predicted octanol–water partition coefficient (Wildman–Crippen LogP) is 1.84. The molecule has 23 heavy (non-hydrogen) atoms. The highest BCUT2D eigenvalue weighted by Gasteiger charge is 2.23. The van der Waals surface area contributed by atoms with E-state index in [0.29, 0.717) is 35.8 Å². The molecule has 0 aromatic carbocycles. The first-order valence-electron chi connectivity index (χ1n) is 7.59. The molecule has 0 spiro atoms. The molecule has 7 heteroatoms. The zero-order valence-corrected chi connectivity index (χ0v) is 13.6. The van der Waals surface area contributed by atoms with Gasteiger partial charge < -0.3 is 14.7 Å². The lowest BCUT2D eigenvalue weighted by Crippen LogP contribution is -2.30. The van der Waals surface area contributed by atoms with Crippen LogP contribution in [-0.4, -0.2) is 51.5 Å². The molecule has 2 heterocycles. The molecule has 1 amide bonds. The molecule has 0 radical (unpaired) electrons. The first kappa shape index (κ1) is 16.8. The summed E-state index contributed by atoms with van der Waals surface area (Å²) < 4.78 is 7.28. The van der Waals surface area contributed by atoms with Crippen LogP contribution in [0.15, 0.2) is 18.3 Å². The first-order chi connectivity index (χ1) is 11.0. The Morgan fingerprint density at radius 3 is 2.74 bits per heavy atom. The highest BCUT2D eigenvalue weighted by Crippen LogP contribution is 2.23. The molecule has 2 aromatic rings. The molecule has 1 N–H and O–H groups in total. The van der Waals surface area contributed by atoms with Crippen molar-refractivity contribution >= 4 is 17.5 Å². The van der Waals surface area contributed by atoms with Gasteiger partial charge in [-0.2, -0.15) is 0 Å². The molecular formula is C16H21N3O4.